The molecule has 2 atom stereocenters. The fourth-order valence-corrected chi connectivity index (χ4v) is 3.97. The first kappa shape index (κ1) is 21.0. The summed E-state index contributed by atoms with van der Waals surface area (Å²) in [7, 11) is 1.58. The van der Waals surface area contributed by atoms with Crippen molar-refractivity contribution in [1.29, 1.82) is 0 Å². The van der Waals surface area contributed by atoms with E-state index in [9.17, 15) is 9.59 Å². The largest absolute Gasteiger partial charge is 0.495 e. The third-order valence-electron chi connectivity index (χ3n) is 5.87. The Kier molecular flexibility index (Phi) is 6.27. The molecule has 0 bridgehead atoms. The number of fused-ring (bicyclic) bond motifs is 1. The number of methoxy groups -OCH3 is 1. The molecule has 2 heterocycles. The predicted octanol–water partition coefficient (Wildman–Crippen LogP) is 0.589. The number of rotatable bonds is 5. The van der Waals surface area contributed by atoms with Gasteiger partial charge in [-0.15, -0.1) is 0 Å². The lowest BCUT2D eigenvalue weighted by Gasteiger charge is -2.37. The van der Waals surface area contributed by atoms with Crippen LogP contribution in [0.2, 0.25) is 0 Å². The van der Waals surface area contributed by atoms with E-state index < -0.39 is 6.10 Å². The third-order valence-corrected chi connectivity index (χ3v) is 5.87. The smallest absolute Gasteiger partial charge is 0.282 e. The van der Waals surface area contributed by atoms with Gasteiger partial charge in [0.05, 0.1) is 39.0 Å². The average Bonchev–Trinajstić information content (AvgIpc) is 2.83. The Hall–Kier alpha value is -3.26. The molecule has 2 aromatic rings. The van der Waals surface area contributed by atoms with E-state index in [1.165, 1.54) is 0 Å². The standard InChI is InChI=1S/C23H27N3O5/c1-16(22(27)24-17-7-3-4-8-18(17)29-2)25-11-13-26(14-12-25)23(28)21-15-30-19-9-5-6-10-20(19)31-21/h3-10,16,21H,11-15H2,1-2H3,(H,24,27)/p+1/t16-,21+/m1/s1. The molecule has 2 aromatic carbocycles. The molecular formula is C23H28N3O5+. The van der Waals surface area contributed by atoms with Crippen LogP contribution in [0.15, 0.2) is 48.5 Å². The van der Waals surface area contributed by atoms with E-state index in [0.717, 1.165) is 4.90 Å². The Balaban J connectivity index is 1.30. The number of benzene rings is 2. The van der Waals surface area contributed by atoms with Crippen LogP contribution >= 0.6 is 0 Å². The van der Waals surface area contributed by atoms with Gasteiger partial charge in [-0.25, -0.2) is 0 Å². The highest BCUT2D eigenvalue weighted by Gasteiger charge is 2.36. The molecule has 4 rings (SSSR count). The molecule has 0 saturated carbocycles. The zero-order chi connectivity index (χ0) is 21.8. The van der Waals surface area contributed by atoms with Gasteiger partial charge in [0.2, 0.25) is 6.10 Å². The van der Waals surface area contributed by atoms with Crippen LogP contribution in [0.3, 0.4) is 0 Å². The molecule has 31 heavy (non-hydrogen) atoms. The molecule has 2 aliphatic rings. The number of carbonyl (C=O) groups is 2. The van der Waals surface area contributed by atoms with Crippen molar-refractivity contribution in [2.45, 2.75) is 19.1 Å². The SMILES string of the molecule is COc1ccccc1NC(=O)[C@@H](C)[NH+]1CCN(C(=O)[C@@H]2COc3ccccc3O2)CC1. The van der Waals surface area contributed by atoms with Gasteiger partial charge >= 0.3 is 0 Å². The average molecular weight is 426 g/mol. The van der Waals surface area contributed by atoms with Gasteiger partial charge < -0.3 is 29.3 Å². The van der Waals surface area contributed by atoms with Crippen LogP contribution in [-0.2, 0) is 9.59 Å². The summed E-state index contributed by atoms with van der Waals surface area (Å²) in [5, 5.41) is 2.95. The zero-order valence-corrected chi connectivity index (χ0v) is 17.8. The van der Waals surface area contributed by atoms with E-state index in [2.05, 4.69) is 5.32 Å². The maximum absolute atomic E-state index is 12.9. The molecule has 164 valence electrons. The minimum atomic E-state index is -0.636. The number of carbonyl (C=O) groups excluding carboxylic acids is 2. The van der Waals surface area contributed by atoms with E-state index >= 15 is 0 Å². The predicted molar refractivity (Wildman–Crippen MR) is 115 cm³/mol. The van der Waals surface area contributed by atoms with Gasteiger partial charge in [-0.3, -0.25) is 9.59 Å². The fraction of sp³-hybridized carbons (Fsp3) is 0.391. The van der Waals surface area contributed by atoms with Crippen molar-refractivity contribution in [3.63, 3.8) is 0 Å². The van der Waals surface area contributed by atoms with Crippen LogP contribution in [-0.4, -0.2) is 68.8 Å². The molecule has 0 spiro atoms. The summed E-state index contributed by atoms with van der Waals surface area (Å²) in [6.07, 6.45) is -0.636. The van der Waals surface area contributed by atoms with Gasteiger partial charge in [0.1, 0.15) is 12.4 Å². The highest BCUT2D eigenvalue weighted by atomic mass is 16.6. The molecule has 1 fully saturated rings. The minimum absolute atomic E-state index is 0.0695. The number of piperazine rings is 1. The fourth-order valence-electron chi connectivity index (χ4n) is 3.97. The lowest BCUT2D eigenvalue weighted by atomic mass is 10.2. The maximum Gasteiger partial charge on any atom is 0.282 e. The molecular weight excluding hydrogens is 398 g/mol. The lowest BCUT2D eigenvalue weighted by molar-refractivity contribution is -0.917. The van der Waals surface area contributed by atoms with E-state index in [4.69, 9.17) is 14.2 Å². The molecule has 0 aromatic heterocycles. The van der Waals surface area contributed by atoms with E-state index in [1.807, 2.05) is 49.4 Å². The first-order chi connectivity index (χ1) is 15.1. The van der Waals surface area contributed by atoms with Crippen LogP contribution < -0.4 is 24.4 Å². The Bertz CT molecular complexity index is 942. The van der Waals surface area contributed by atoms with Crippen molar-refractivity contribution in [2.24, 2.45) is 0 Å². The van der Waals surface area contributed by atoms with Crippen molar-refractivity contribution in [1.82, 2.24) is 4.90 Å². The normalized spacial score (nSPS) is 19.4. The molecule has 8 nitrogen and oxygen atoms in total. The van der Waals surface area contributed by atoms with E-state index in [-0.39, 0.29) is 24.5 Å². The molecule has 2 amide bonds. The summed E-state index contributed by atoms with van der Waals surface area (Å²) in [5.41, 5.74) is 0.657. The highest BCUT2D eigenvalue weighted by molar-refractivity contribution is 5.95. The number of anilines is 1. The van der Waals surface area contributed by atoms with Crippen LogP contribution in [0.5, 0.6) is 17.2 Å². The van der Waals surface area contributed by atoms with Crippen molar-refractivity contribution in [3.05, 3.63) is 48.5 Å². The van der Waals surface area contributed by atoms with Crippen molar-refractivity contribution in [3.8, 4) is 17.2 Å². The summed E-state index contributed by atoms with van der Waals surface area (Å²) in [5.74, 6) is 1.75. The number of nitrogens with zero attached hydrogens (tertiary/aromatic N) is 1. The van der Waals surface area contributed by atoms with Crippen LogP contribution in [0.25, 0.3) is 0 Å². The number of para-hydroxylation sites is 4. The van der Waals surface area contributed by atoms with Crippen LogP contribution in [0, 0.1) is 0 Å². The summed E-state index contributed by atoms with van der Waals surface area (Å²) >= 11 is 0. The van der Waals surface area contributed by atoms with Gasteiger partial charge in [-0.1, -0.05) is 24.3 Å². The second-order valence-electron chi connectivity index (χ2n) is 7.76. The number of ether oxygens (including phenoxy) is 3. The van der Waals surface area contributed by atoms with Gasteiger partial charge in [-0.05, 0) is 31.2 Å². The maximum atomic E-state index is 12.9. The second kappa shape index (κ2) is 9.26. The number of amides is 2. The Labute approximate surface area is 181 Å². The minimum Gasteiger partial charge on any atom is -0.495 e. The van der Waals surface area contributed by atoms with Crippen molar-refractivity contribution in [2.75, 3.05) is 45.2 Å². The van der Waals surface area contributed by atoms with E-state index in [0.29, 0.717) is 49.1 Å². The lowest BCUT2D eigenvalue weighted by Crippen LogP contribution is -3.19. The Morgan fingerprint density at radius 2 is 1.77 bits per heavy atom. The summed E-state index contributed by atoms with van der Waals surface area (Å²) in [6.45, 7) is 4.64. The van der Waals surface area contributed by atoms with Gasteiger partial charge in [0.25, 0.3) is 11.8 Å². The van der Waals surface area contributed by atoms with Crippen molar-refractivity contribution < 1.29 is 28.7 Å². The van der Waals surface area contributed by atoms with Gasteiger partial charge in [-0.2, -0.15) is 0 Å². The Morgan fingerprint density at radius 1 is 1.10 bits per heavy atom. The quantitative estimate of drug-likeness (QED) is 0.732. The van der Waals surface area contributed by atoms with Crippen LogP contribution in [0.4, 0.5) is 5.69 Å². The number of hydrogen-bond acceptors (Lipinski definition) is 5. The van der Waals surface area contributed by atoms with Gasteiger partial charge in [0.15, 0.2) is 17.5 Å². The van der Waals surface area contributed by atoms with Gasteiger partial charge in [0, 0.05) is 0 Å². The molecule has 8 heteroatoms. The number of quaternary nitrogens is 1. The monoisotopic (exact) mass is 426 g/mol. The molecule has 0 radical (unpaired) electrons. The summed E-state index contributed by atoms with van der Waals surface area (Å²) in [6, 6.07) is 14.5. The first-order valence-electron chi connectivity index (χ1n) is 10.5. The van der Waals surface area contributed by atoms with Crippen molar-refractivity contribution >= 4 is 17.5 Å². The van der Waals surface area contributed by atoms with Crippen LogP contribution in [0.1, 0.15) is 6.92 Å². The number of hydrogen-bond donors (Lipinski definition) is 2. The molecule has 2 aliphatic heterocycles. The Morgan fingerprint density at radius 3 is 2.52 bits per heavy atom. The molecule has 0 aliphatic carbocycles. The first-order valence-corrected chi connectivity index (χ1v) is 10.5. The second-order valence-corrected chi connectivity index (χ2v) is 7.76. The molecule has 1 saturated heterocycles. The molecule has 0 unspecified atom stereocenters. The highest BCUT2D eigenvalue weighted by Crippen LogP contribution is 2.31. The number of nitrogens with one attached hydrogen (secondary N) is 2. The zero-order valence-electron chi connectivity index (χ0n) is 17.8. The summed E-state index contributed by atoms with van der Waals surface area (Å²) < 4.78 is 16.8. The third kappa shape index (κ3) is 4.59. The summed E-state index contributed by atoms with van der Waals surface area (Å²) in [4.78, 5) is 28.6. The van der Waals surface area contributed by atoms with E-state index in [1.54, 1.807) is 18.1 Å². The molecule has 2 N–H and O–H groups in total. The topological polar surface area (TPSA) is 81.5 Å².